The molecule has 0 spiro atoms. The zero-order valence-corrected chi connectivity index (χ0v) is 11.2. The maximum absolute atomic E-state index is 4.64. The molecule has 1 aromatic heterocycles. The summed E-state index contributed by atoms with van der Waals surface area (Å²) in [5.74, 6) is 0. The Bertz CT molecular complexity index is 683. The van der Waals surface area contributed by atoms with Crippen molar-refractivity contribution in [3.63, 3.8) is 0 Å². The summed E-state index contributed by atoms with van der Waals surface area (Å²) in [6.07, 6.45) is 0. The molecule has 3 aromatic rings. The summed E-state index contributed by atoms with van der Waals surface area (Å²) in [5.41, 5.74) is 4.66. The number of para-hydroxylation sites is 1. The second-order valence-corrected chi connectivity index (χ2v) is 5.46. The first-order valence-electron chi connectivity index (χ1n) is 5.92. The van der Waals surface area contributed by atoms with Gasteiger partial charge in [-0.2, -0.15) is 0 Å². The molecule has 0 atom stereocenters. The third kappa shape index (κ3) is 2.09. The zero-order valence-electron chi connectivity index (χ0n) is 10.4. The van der Waals surface area contributed by atoms with Gasteiger partial charge < -0.3 is 5.32 Å². The Morgan fingerprint density at radius 3 is 2.50 bits per heavy atom. The quantitative estimate of drug-likeness (QED) is 0.719. The van der Waals surface area contributed by atoms with Gasteiger partial charge in [-0.05, 0) is 37.6 Å². The number of aromatic nitrogens is 1. The average Bonchev–Trinajstić information content (AvgIpc) is 2.76. The summed E-state index contributed by atoms with van der Waals surface area (Å²) in [5, 5.41) is 4.30. The first-order chi connectivity index (χ1) is 8.72. The third-order valence-electron chi connectivity index (χ3n) is 2.92. The first kappa shape index (κ1) is 11.2. The fourth-order valence-electron chi connectivity index (χ4n) is 1.90. The molecule has 0 aliphatic rings. The monoisotopic (exact) mass is 254 g/mol. The minimum atomic E-state index is 0.947. The molecule has 1 heterocycles. The van der Waals surface area contributed by atoms with Crippen molar-refractivity contribution in [3.05, 3.63) is 53.6 Å². The number of nitrogens with one attached hydrogen (secondary N) is 1. The van der Waals surface area contributed by atoms with Crippen molar-refractivity contribution in [2.24, 2.45) is 0 Å². The van der Waals surface area contributed by atoms with Gasteiger partial charge in [0.1, 0.15) is 0 Å². The van der Waals surface area contributed by atoms with Gasteiger partial charge in [-0.15, -0.1) is 0 Å². The molecule has 2 aromatic carbocycles. The molecule has 3 heteroatoms. The second-order valence-electron chi connectivity index (χ2n) is 4.43. The highest BCUT2D eigenvalue weighted by molar-refractivity contribution is 7.22. The van der Waals surface area contributed by atoms with E-state index in [-0.39, 0.29) is 0 Å². The number of aryl methyl sites for hydroxylation is 2. The van der Waals surface area contributed by atoms with E-state index in [4.69, 9.17) is 0 Å². The molecular formula is C15H14N2S. The molecule has 0 fully saturated rings. The number of anilines is 2. The van der Waals surface area contributed by atoms with Crippen LogP contribution in [0.1, 0.15) is 11.1 Å². The van der Waals surface area contributed by atoms with Gasteiger partial charge in [0.05, 0.1) is 10.2 Å². The van der Waals surface area contributed by atoms with Gasteiger partial charge in [0.15, 0.2) is 5.13 Å². The summed E-state index contributed by atoms with van der Waals surface area (Å²) in [7, 11) is 0. The van der Waals surface area contributed by atoms with Crippen LogP contribution in [-0.2, 0) is 0 Å². The normalized spacial score (nSPS) is 10.8. The first-order valence-corrected chi connectivity index (χ1v) is 6.74. The van der Waals surface area contributed by atoms with Crippen molar-refractivity contribution in [1.82, 2.24) is 4.98 Å². The molecule has 0 unspecified atom stereocenters. The number of benzene rings is 2. The molecule has 3 rings (SSSR count). The van der Waals surface area contributed by atoms with Crippen LogP contribution in [0.25, 0.3) is 10.2 Å². The van der Waals surface area contributed by atoms with Crippen LogP contribution >= 0.6 is 11.3 Å². The lowest BCUT2D eigenvalue weighted by Crippen LogP contribution is -1.88. The lowest BCUT2D eigenvalue weighted by atomic mass is 10.2. The Balaban J connectivity index is 1.95. The van der Waals surface area contributed by atoms with Crippen LogP contribution in [0.5, 0.6) is 0 Å². The molecule has 0 saturated heterocycles. The molecule has 0 bridgehead atoms. The summed E-state index contributed by atoms with van der Waals surface area (Å²) in [6, 6.07) is 14.6. The van der Waals surface area contributed by atoms with E-state index in [0.717, 1.165) is 16.3 Å². The minimum Gasteiger partial charge on any atom is -0.332 e. The Labute approximate surface area is 110 Å². The topological polar surface area (TPSA) is 24.9 Å². The Kier molecular flexibility index (Phi) is 2.76. The maximum atomic E-state index is 4.64. The summed E-state index contributed by atoms with van der Waals surface area (Å²) in [6.45, 7) is 4.18. The molecule has 0 aliphatic carbocycles. The van der Waals surface area contributed by atoms with Crippen LogP contribution in [0.2, 0.25) is 0 Å². The number of fused-ring (bicyclic) bond motifs is 1. The lowest BCUT2D eigenvalue weighted by molar-refractivity contribution is 1.39. The van der Waals surface area contributed by atoms with E-state index in [0.29, 0.717) is 0 Å². The number of hydrogen-bond donors (Lipinski definition) is 1. The van der Waals surface area contributed by atoms with Crippen LogP contribution in [0.4, 0.5) is 10.8 Å². The number of thiazole rings is 1. The van der Waals surface area contributed by atoms with Gasteiger partial charge in [-0.3, -0.25) is 0 Å². The Morgan fingerprint density at radius 1 is 1.00 bits per heavy atom. The average molecular weight is 254 g/mol. The largest absolute Gasteiger partial charge is 0.332 e. The van der Waals surface area contributed by atoms with Crippen molar-refractivity contribution in [2.45, 2.75) is 13.8 Å². The van der Waals surface area contributed by atoms with E-state index in [2.05, 4.69) is 66.6 Å². The molecule has 0 amide bonds. The van der Waals surface area contributed by atoms with Gasteiger partial charge in [0.2, 0.25) is 0 Å². The van der Waals surface area contributed by atoms with Gasteiger partial charge in [0, 0.05) is 5.69 Å². The second kappa shape index (κ2) is 4.42. The lowest BCUT2D eigenvalue weighted by Gasteiger charge is -2.01. The number of hydrogen-bond acceptors (Lipinski definition) is 3. The predicted octanol–water partition coefficient (Wildman–Crippen LogP) is 4.66. The fourth-order valence-corrected chi connectivity index (χ4v) is 2.86. The maximum Gasteiger partial charge on any atom is 0.188 e. The highest BCUT2D eigenvalue weighted by Crippen LogP contribution is 2.29. The highest BCUT2D eigenvalue weighted by Gasteiger charge is 2.05. The minimum absolute atomic E-state index is 0.947. The fraction of sp³-hybridized carbons (Fsp3) is 0.133. The van der Waals surface area contributed by atoms with E-state index in [9.17, 15) is 0 Å². The molecule has 0 saturated carbocycles. The standard InChI is InChI=1S/C15H14N2S/c1-10-6-8-12(9-7-10)16-15-17-14-11(2)4-3-5-13(14)18-15/h3-9H,1-2H3,(H,16,17). The van der Waals surface area contributed by atoms with E-state index in [1.807, 2.05) is 0 Å². The Hall–Kier alpha value is -1.87. The van der Waals surface area contributed by atoms with Gasteiger partial charge in [-0.1, -0.05) is 41.2 Å². The van der Waals surface area contributed by atoms with Crippen LogP contribution in [0.3, 0.4) is 0 Å². The van der Waals surface area contributed by atoms with Gasteiger partial charge >= 0.3 is 0 Å². The molecular weight excluding hydrogens is 240 g/mol. The van der Waals surface area contributed by atoms with Gasteiger partial charge in [0.25, 0.3) is 0 Å². The van der Waals surface area contributed by atoms with Crippen molar-refractivity contribution in [2.75, 3.05) is 5.32 Å². The molecule has 1 N–H and O–H groups in total. The molecule has 0 radical (unpaired) electrons. The Morgan fingerprint density at radius 2 is 1.78 bits per heavy atom. The van der Waals surface area contributed by atoms with E-state index < -0.39 is 0 Å². The summed E-state index contributed by atoms with van der Waals surface area (Å²) < 4.78 is 1.23. The van der Waals surface area contributed by atoms with Crippen LogP contribution in [0.15, 0.2) is 42.5 Å². The SMILES string of the molecule is Cc1ccc(Nc2nc3c(C)cccc3s2)cc1. The van der Waals surface area contributed by atoms with Crippen molar-refractivity contribution in [3.8, 4) is 0 Å². The summed E-state index contributed by atoms with van der Waals surface area (Å²) in [4.78, 5) is 4.64. The predicted molar refractivity (Wildman–Crippen MR) is 78.8 cm³/mol. The molecule has 90 valence electrons. The van der Waals surface area contributed by atoms with Crippen LogP contribution < -0.4 is 5.32 Å². The molecule has 18 heavy (non-hydrogen) atoms. The zero-order chi connectivity index (χ0) is 12.5. The van der Waals surface area contributed by atoms with E-state index in [1.54, 1.807) is 11.3 Å². The molecule has 2 nitrogen and oxygen atoms in total. The summed E-state index contributed by atoms with van der Waals surface area (Å²) >= 11 is 1.69. The van der Waals surface area contributed by atoms with Crippen molar-refractivity contribution in [1.29, 1.82) is 0 Å². The number of rotatable bonds is 2. The van der Waals surface area contributed by atoms with Crippen LogP contribution in [0, 0.1) is 13.8 Å². The molecule has 0 aliphatic heterocycles. The van der Waals surface area contributed by atoms with Gasteiger partial charge in [-0.25, -0.2) is 4.98 Å². The third-order valence-corrected chi connectivity index (χ3v) is 3.86. The van der Waals surface area contributed by atoms with Crippen molar-refractivity contribution >= 4 is 32.4 Å². The highest BCUT2D eigenvalue weighted by atomic mass is 32.1. The van der Waals surface area contributed by atoms with Crippen LogP contribution in [-0.4, -0.2) is 4.98 Å². The number of nitrogens with zero attached hydrogens (tertiary/aromatic N) is 1. The van der Waals surface area contributed by atoms with E-state index >= 15 is 0 Å². The van der Waals surface area contributed by atoms with Crippen molar-refractivity contribution < 1.29 is 0 Å². The van der Waals surface area contributed by atoms with E-state index in [1.165, 1.54) is 15.8 Å². The smallest absolute Gasteiger partial charge is 0.188 e.